The van der Waals surface area contributed by atoms with Gasteiger partial charge in [-0.25, -0.2) is 4.39 Å². The van der Waals surface area contributed by atoms with Crippen molar-refractivity contribution in [3.8, 4) is 5.75 Å². The summed E-state index contributed by atoms with van der Waals surface area (Å²) in [6, 6.07) is 21.3. The molecular weight excluding hydrogens is 413 g/mol. The molecule has 1 aliphatic heterocycles. The molecular formula is C25H20FNO3S. The van der Waals surface area contributed by atoms with Crippen LogP contribution in [0.5, 0.6) is 5.75 Å². The number of carbonyl (C=O) groups excluding carboxylic acids is 2. The van der Waals surface area contributed by atoms with Crippen molar-refractivity contribution >= 4 is 29.0 Å². The lowest BCUT2D eigenvalue weighted by Gasteiger charge is -2.12. The van der Waals surface area contributed by atoms with Crippen molar-refractivity contribution in [2.75, 3.05) is 0 Å². The SMILES string of the molecule is Cc1cccc(CN2C(=O)S/C(=C\c3ccc(OCc4ccccc4F)cc3)C2=O)c1. The minimum Gasteiger partial charge on any atom is -0.489 e. The van der Waals surface area contributed by atoms with Gasteiger partial charge in [0.2, 0.25) is 0 Å². The van der Waals surface area contributed by atoms with Gasteiger partial charge in [-0.1, -0.05) is 60.2 Å². The third-order valence-electron chi connectivity index (χ3n) is 4.83. The monoisotopic (exact) mass is 433 g/mol. The molecule has 31 heavy (non-hydrogen) atoms. The lowest BCUT2D eigenvalue weighted by molar-refractivity contribution is -0.123. The van der Waals surface area contributed by atoms with E-state index < -0.39 is 0 Å². The maximum atomic E-state index is 13.7. The van der Waals surface area contributed by atoms with Crippen LogP contribution in [0.15, 0.2) is 77.7 Å². The summed E-state index contributed by atoms with van der Waals surface area (Å²) in [6.07, 6.45) is 1.70. The highest BCUT2D eigenvalue weighted by atomic mass is 32.2. The largest absolute Gasteiger partial charge is 0.489 e. The second-order valence-electron chi connectivity index (χ2n) is 7.21. The van der Waals surface area contributed by atoms with Crippen molar-refractivity contribution in [2.45, 2.75) is 20.1 Å². The lowest BCUT2D eigenvalue weighted by atomic mass is 10.1. The molecule has 1 saturated heterocycles. The molecule has 1 aliphatic rings. The molecule has 0 unspecified atom stereocenters. The number of ether oxygens (including phenoxy) is 1. The number of halogens is 1. The standard InChI is InChI=1S/C25H20FNO3S/c1-17-5-4-6-19(13-17)15-27-24(28)23(31-25(27)29)14-18-9-11-21(12-10-18)30-16-20-7-2-3-8-22(20)26/h2-14H,15-16H2,1H3/b23-14-. The molecule has 6 heteroatoms. The van der Waals surface area contributed by atoms with Crippen LogP contribution < -0.4 is 4.74 Å². The minimum atomic E-state index is -0.305. The molecule has 156 valence electrons. The highest BCUT2D eigenvalue weighted by molar-refractivity contribution is 8.18. The molecule has 0 N–H and O–H groups in total. The maximum absolute atomic E-state index is 13.7. The van der Waals surface area contributed by atoms with Crippen LogP contribution in [0, 0.1) is 12.7 Å². The molecule has 1 heterocycles. The Morgan fingerprint density at radius 3 is 2.52 bits per heavy atom. The fraction of sp³-hybridized carbons (Fsp3) is 0.120. The number of amides is 2. The molecule has 0 aromatic heterocycles. The van der Waals surface area contributed by atoms with Crippen molar-refractivity contribution in [1.29, 1.82) is 0 Å². The van der Waals surface area contributed by atoms with Gasteiger partial charge < -0.3 is 4.74 Å². The lowest BCUT2D eigenvalue weighted by Crippen LogP contribution is -2.27. The van der Waals surface area contributed by atoms with Gasteiger partial charge in [0.1, 0.15) is 18.2 Å². The topological polar surface area (TPSA) is 46.6 Å². The molecule has 0 bridgehead atoms. The van der Waals surface area contributed by atoms with Crippen LogP contribution in [0.1, 0.15) is 22.3 Å². The number of carbonyl (C=O) groups is 2. The van der Waals surface area contributed by atoms with Gasteiger partial charge in [0.05, 0.1) is 11.4 Å². The highest BCUT2D eigenvalue weighted by Gasteiger charge is 2.34. The molecule has 2 amide bonds. The van der Waals surface area contributed by atoms with Crippen LogP contribution in [0.2, 0.25) is 0 Å². The summed E-state index contributed by atoms with van der Waals surface area (Å²) in [4.78, 5) is 26.7. The average molecular weight is 434 g/mol. The van der Waals surface area contributed by atoms with Gasteiger partial charge in [-0.2, -0.15) is 0 Å². The third kappa shape index (κ3) is 5.03. The normalized spacial score (nSPS) is 15.0. The predicted molar refractivity (Wildman–Crippen MR) is 120 cm³/mol. The van der Waals surface area contributed by atoms with Crippen LogP contribution in [0.25, 0.3) is 6.08 Å². The summed E-state index contributed by atoms with van der Waals surface area (Å²) < 4.78 is 19.3. The number of hydrogen-bond donors (Lipinski definition) is 0. The Kier molecular flexibility index (Phi) is 6.18. The van der Waals surface area contributed by atoms with Gasteiger partial charge in [0.15, 0.2) is 0 Å². The molecule has 1 fully saturated rings. The minimum absolute atomic E-state index is 0.129. The summed E-state index contributed by atoms with van der Waals surface area (Å²) in [5.41, 5.74) is 3.25. The van der Waals surface area contributed by atoms with Crippen molar-refractivity contribution < 1.29 is 18.7 Å². The van der Waals surface area contributed by atoms with E-state index in [1.54, 1.807) is 48.5 Å². The first-order valence-corrected chi connectivity index (χ1v) is 10.6. The Balaban J connectivity index is 1.42. The Morgan fingerprint density at radius 1 is 1.00 bits per heavy atom. The van der Waals surface area contributed by atoms with Crippen LogP contribution >= 0.6 is 11.8 Å². The average Bonchev–Trinajstić information content (AvgIpc) is 3.02. The molecule has 4 rings (SSSR count). The first kappa shape index (κ1) is 20.9. The fourth-order valence-electron chi connectivity index (χ4n) is 3.22. The van der Waals surface area contributed by atoms with Crippen LogP contribution in [0.3, 0.4) is 0 Å². The molecule has 4 nitrogen and oxygen atoms in total. The summed E-state index contributed by atoms with van der Waals surface area (Å²) in [6.45, 7) is 2.36. The molecule has 3 aromatic rings. The Labute approximate surface area is 184 Å². The van der Waals surface area contributed by atoms with Gasteiger partial charge in [-0.15, -0.1) is 0 Å². The van der Waals surface area contributed by atoms with Gasteiger partial charge in [-0.05, 0) is 54.1 Å². The summed E-state index contributed by atoms with van der Waals surface area (Å²) in [5.74, 6) is -0.00940. The number of thioether (sulfide) groups is 1. The molecule has 0 aliphatic carbocycles. The molecule has 3 aromatic carbocycles. The van der Waals surface area contributed by atoms with E-state index in [1.165, 1.54) is 11.0 Å². The van der Waals surface area contributed by atoms with Gasteiger partial charge in [0, 0.05) is 5.56 Å². The first-order valence-electron chi connectivity index (χ1n) is 9.77. The van der Waals surface area contributed by atoms with Crippen molar-refractivity contribution in [2.24, 2.45) is 0 Å². The van der Waals surface area contributed by atoms with E-state index in [2.05, 4.69) is 0 Å². The number of hydrogen-bond acceptors (Lipinski definition) is 4. The number of aryl methyl sites for hydroxylation is 1. The second kappa shape index (κ2) is 9.18. The van der Waals surface area contributed by atoms with E-state index in [0.29, 0.717) is 16.2 Å². The predicted octanol–water partition coefficient (Wildman–Crippen LogP) is 5.95. The zero-order chi connectivity index (χ0) is 21.8. The van der Waals surface area contributed by atoms with Gasteiger partial charge >= 0.3 is 0 Å². The van der Waals surface area contributed by atoms with E-state index in [-0.39, 0.29) is 30.1 Å². The van der Waals surface area contributed by atoms with E-state index in [9.17, 15) is 14.0 Å². The van der Waals surface area contributed by atoms with E-state index in [4.69, 9.17) is 4.74 Å². The molecule has 0 spiro atoms. The highest BCUT2D eigenvalue weighted by Crippen LogP contribution is 2.33. The number of benzene rings is 3. The smallest absolute Gasteiger partial charge is 0.293 e. The van der Waals surface area contributed by atoms with Gasteiger partial charge in [0.25, 0.3) is 11.1 Å². The van der Waals surface area contributed by atoms with E-state index >= 15 is 0 Å². The Bertz CT molecular complexity index is 1160. The molecule has 0 saturated carbocycles. The zero-order valence-corrected chi connectivity index (χ0v) is 17.7. The van der Waals surface area contributed by atoms with Crippen molar-refractivity contribution in [3.05, 3.63) is 106 Å². The first-order chi connectivity index (χ1) is 15.0. The quantitative estimate of drug-likeness (QED) is 0.451. The van der Waals surface area contributed by atoms with Crippen molar-refractivity contribution in [1.82, 2.24) is 4.90 Å². The summed E-state index contributed by atoms with van der Waals surface area (Å²) in [7, 11) is 0. The van der Waals surface area contributed by atoms with Crippen molar-refractivity contribution in [3.63, 3.8) is 0 Å². The number of rotatable bonds is 6. The van der Waals surface area contributed by atoms with Crippen LogP contribution in [0.4, 0.5) is 9.18 Å². The Hall–Kier alpha value is -3.38. The number of imide groups is 1. The van der Waals surface area contributed by atoms with E-state index in [1.807, 2.05) is 31.2 Å². The van der Waals surface area contributed by atoms with Crippen LogP contribution in [-0.2, 0) is 17.9 Å². The Morgan fingerprint density at radius 2 is 1.77 bits per heavy atom. The van der Waals surface area contributed by atoms with Crippen LogP contribution in [-0.4, -0.2) is 16.0 Å². The van der Waals surface area contributed by atoms with Gasteiger partial charge in [-0.3, -0.25) is 14.5 Å². The zero-order valence-electron chi connectivity index (χ0n) is 16.9. The van der Waals surface area contributed by atoms with E-state index in [0.717, 1.165) is 28.5 Å². The summed E-state index contributed by atoms with van der Waals surface area (Å²) in [5, 5.41) is -0.275. The number of nitrogens with zero attached hydrogens (tertiary/aromatic N) is 1. The second-order valence-corrected chi connectivity index (χ2v) is 8.20. The summed E-state index contributed by atoms with van der Waals surface area (Å²) >= 11 is 0.939. The fourth-order valence-corrected chi connectivity index (χ4v) is 4.06. The maximum Gasteiger partial charge on any atom is 0.293 e. The molecule has 0 atom stereocenters. The third-order valence-corrected chi connectivity index (χ3v) is 5.73. The molecule has 0 radical (unpaired) electrons.